The van der Waals surface area contributed by atoms with E-state index in [1.165, 1.54) is 28.6 Å². The molecule has 0 aromatic heterocycles. The Hall–Kier alpha value is -1.75. The molecule has 40 heavy (non-hydrogen) atoms. The number of nitrogens with zero attached hydrogens (tertiary/aromatic N) is 4. The molecule has 3 N–H and O–H groups in total. The van der Waals surface area contributed by atoms with Gasteiger partial charge in [-0.3, -0.25) is 25.8 Å². The van der Waals surface area contributed by atoms with Gasteiger partial charge in [-0.2, -0.15) is 4.31 Å². The normalized spacial score (nSPS) is 38.0. The molecule has 1 aliphatic carbocycles. The maximum Gasteiger partial charge on any atom is 0.289 e. The van der Waals surface area contributed by atoms with Gasteiger partial charge in [0.15, 0.2) is 4.90 Å². The Morgan fingerprint density at radius 2 is 1.95 bits per heavy atom. The third-order valence-corrected chi connectivity index (χ3v) is 11.5. The summed E-state index contributed by atoms with van der Waals surface area (Å²) in [4.78, 5) is 13.0. The van der Waals surface area contributed by atoms with Gasteiger partial charge >= 0.3 is 0 Å². The van der Waals surface area contributed by atoms with Crippen molar-refractivity contribution in [2.75, 3.05) is 46.4 Å². The van der Waals surface area contributed by atoms with Crippen LogP contribution in [0.15, 0.2) is 29.2 Å². The maximum absolute atomic E-state index is 14.3. The predicted molar refractivity (Wildman–Crippen MR) is 144 cm³/mol. The van der Waals surface area contributed by atoms with Gasteiger partial charge in [0.1, 0.15) is 6.23 Å². The highest BCUT2D eigenvalue weighted by molar-refractivity contribution is 7.89. The van der Waals surface area contributed by atoms with Gasteiger partial charge in [0.2, 0.25) is 10.0 Å². The molecular formula is C26H40N6O7S. The van der Waals surface area contributed by atoms with Crippen molar-refractivity contribution in [2.45, 2.75) is 73.7 Å². The molecule has 6 rings (SSSR count). The summed E-state index contributed by atoms with van der Waals surface area (Å²) in [5.41, 5.74) is 3.11. The number of aliphatic hydroxyl groups excluding tert-OH is 1. The number of hydrogen-bond donors (Lipinski definition) is 3. The Bertz CT molecular complexity index is 1190. The summed E-state index contributed by atoms with van der Waals surface area (Å²) in [5, 5.41) is 28.3. The number of hydrogen-bond acceptors (Lipinski definition) is 11. The van der Waals surface area contributed by atoms with E-state index in [4.69, 9.17) is 9.47 Å². The largest absolute Gasteiger partial charge is 0.392 e. The van der Waals surface area contributed by atoms with Crippen LogP contribution in [-0.2, 0) is 19.5 Å². The number of fused-ring (bicyclic) bond motifs is 5. The molecule has 5 aliphatic rings. The third kappa shape index (κ3) is 5.41. The van der Waals surface area contributed by atoms with Crippen LogP contribution in [0.5, 0.6) is 0 Å². The first-order chi connectivity index (χ1) is 19.2. The number of ether oxygens (including phenoxy) is 2. The summed E-state index contributed by atoms with van der Waals surface area (Å²) in [6.07, 6.45) is 2.69. The molecule has 0 amide bonds. The molecular weight excluding hydrogens is 540 g/mol. The minimum absolute atomic E-state index is 0.0447. The van der Waals surface area contributed by atoms with E-state index in [-0.39, 0.29) is 53.9 Å². The predicted octanol–water partition coefficient (Wildman–Crippen LogP) is 0.317. The highest BCUT2D eigenvalue weighted by Gasteiger charge is 2.48. The quantitative estimate of drug-likeness (QED) is 0.334. The van der Waals surface area contributed by atoms with Gasteiger partial charge in [0.25, 0.3) is 5.69 Å². The maximum atomic E-state index is 14.3. The fourth-order valence-corrected chi connectivity index (χ4v) is 9.35. The molecule has 0 radical (unpaired) electrons. The zero-order chi connectivity index (χ0) is 28.0. The van der Waals surface area contributed by atoms with Gasteiger partial charge in [-0.15, -0.1) is 0 Å². The SMILES string of the molecule is COC1CC2CC(C1)N(S(=O)(=O)c1ccccc1[N+](=O)[O-])CCN1C[C@H](O)C[C@H]1COC1CCN3NCC2C3N1. The van der Waals surface area contributed by atoms with Crippen molar-refractivity contribution in [1.29, 1.82) is 0 Å². The average Bonchev–Trinajstić information content (AvgIpc) is 3.53. The third-order valence-electron chi connectivity index (χ3n) is 9.53. The molecule has 1 saturated carbocycles. The fourth-order valence-electron chi connectivity index (χ4n) is 7.55. The summed E-state index contributed by atoms with van der Waals surface area (Å²) < 4.78 is 42.3. The first-order valence-electron chi connectivity index (χ1n) is 14.3. The molecule has 4 saturated heterocycles. The van der Waals surface area contributed by atoms with E-state index in [9.17, 15) is 23.6 Å². The van der Waals surface area contributed by atoms with Crippen molar-refractivity contribution in [3.05, 3.63) is 34.4 Å². The topological polar surface area (TPSA) is 150 Å². The van der Waals surface area contributed by atoms with Gasteiger partial charge < -0.3 is 14.6 Å². The first kappa shape index (κ1) is 28.4. The molecule has 1 aromatic carbocycles. The highest BCUT2D eigenvalue weighted by Crippen LogP contribution is 2.40. The molecule has 0 spiro atoms. The van der Waals surface area contributed by atoms with Crippen molar-refractivity contribution in [3.63, 3.8) is 0 Å². The summed E-state index contributed by atoms with van der Waals surface area (Å²) in [5.74, 6) is 0.389. The van der Waals surface area contributed by atoms with E-state index in [1.807, 2.05) is 0 Å². The zero-order valence-corrected chi connectivity index (χ0v) is 23.6. The number of methoxy groups -OCH3 is 1. The average molecular weight is 581 g/mol. The smallest absolute Gasteiger partial charge is 0.289 e. The number of sulfonamides is 1. The minimum Gasteiger partial charge on any atom is -0.392 e. The van der Waals surface area contributed by atoms with E-state index in [2.05, 4.69) is 20.7 Å². The highest BCUT2D eigenvalue weighted by atomic mass is 32.2. The molecule has 4 aliphatic heterocycles. The molecule has 14 heteroatoms. The Labute approximate surface area is 234 Å². The first-order valence-corrected chi connectivity index (χ1v) is 15.8. The second-order valence-electron chi connectivity index (χ2n) is 11.8. The van der Waals surface area contributed by atoms with Crippen LogP contribution in [0.2, 0.25) is 0 Å². The molecule has 8 atom stereocenters. The number of benzene rings is 1. The number of hydrazine groups is 1. The van der Waals surface area contributed by atoms with E-state index in [0.717, 1.165) is 25.9 Å². The number of nitro benzene ring substituents is 1. The van der Waals surface area contributed by atoms with Crippen LogP contribution in [-0.4, -0.2) is 116 Å². The van der Waals surface area contributed by atoms with Crippen LogP contribution < -0.4 is 10.7 Å². The summed E-state index contributed by atoms with van der Waals surface area (Å²) in [7, 11) is -2.56. The number of aliphatic hydroxyl groups is 1. The van der Waals surface area contributed by atoms with Crippen molar-refractivity contribution < 1.29 is 27.9 Å². The number of nitro groups is 1. The zero-order valence-electron chi connectivity index (χ0n) is 22.8. The Kier molecular flexibility index (Phi) is 8.16. The van der Waals surface area contributed by atoms with Crippen molar-refractivity contribution in [1.82, 2.24) is 25.0 Å². The molecule has 6 unspecified atom stereocenters. The van der Waals surface area contributed by atoms with Crippen LogP contribution in [0.25, 0.3) is 0 Å². The number of rotatable bonds is 4. The van der Waals surface area contributed by atoms with Crippen molar-refractivity contribution in [3.8, 4) is 0 Å². The Balaban J connectivity index is 1.39. The molecule has 222 valence electrons. The lowest BCUT2D eigenvalue weighted by Gasteiger charge is -2.45. The van der Waals surface area contributed by atoms with Crippen molar-refractivity contribution in [2.24, 2.45) is 11.8 Å². The van der Waals surface area contributed by atoms with E-state index < -0.39 is 26.7 Å². The van der Waals surface area contributed by atoms with Gasteiger partial charge in [0.05, 0.1) is 29.9 Å². The van der Waals surface area contributed by atoms with Gasteiger partial charge in [-0.1, -0.05) is 12.1 Å². The lowest BCUT2D eigenvalue weighted by molar-refractivity contribution is -0.387. The lowest BCUT2D eigenvalue weighted by Crippen LogP contribution is -2.60. The van der Waals surface area contributed by atoms with Gasteiger partial charge in [-0.05, 0) is 37.7 Å². The minimum atomic E-state index is -4.22. The molecule has 4 bridgehead atoms. The van der Waals surface area contributed by atoms with Crippen LogP contribution in [0, 0.1) is 22.0 Å². The number of para-hydroxylation sites is 1. The summed E-state index contributed by atoms with van der Waals surface area (Å²) >= 11 is 0. The van der Waals surface area contributed by atoms with Crippen molar-refractivity contribution >= 4 is 15.7 Å². The van der Waals surface area contributed by atoms with Crippen LogP contribution >= 0.6 is 0 Å². The molecule has 4 heterocycles. The van der Waals surface area contributed by atoms with Gasteiger partial charge in [0, 0.05) is 70.3 Å². The Morgan fingerprint density at radius 1 is 1.12 bits per heavy atom. The second-order valence-corrected chi connectivity index (χ2v) is 13.7. The molecule has 1 aromatic rings. The Morgan fingerprint density at radius 3 is 2.75 bits per heavy atom. The van der Waals surface area contributed by atoms with Crippen LogP contribution in [0.1, 0.15) is 32.1 Å². The summed E-state index contributed by atoms with van der Waals surface area (Å²) in [6, 6.07) is 5.15. The van der Waals surface area contributed by atoms with E-state index in [0.29, 0.717) is 39.0 Å². The van der Waals surface area contributed by atoms with E-state index in [1.54, 1.807) is 7.11 Å². The number of nitrogens with one attached hydrogen (secondary N) is 2. The van der Waals surface area contributed by atoms with E-state index >= 15 is 0 Å². The molecule has 13 nitrogen and oxygen atoms in total. The standard InChI is InChI=1S/C26H40N6O7S/c1-38-21-11-17-10-18(13-21)31(40(36,37)24-5-3-2-4-23(24)32(34)35)9-8-29-15-20(33)12-19(29)16-39-25-6-7-30-26(28-25)22(17)14-27-30/h2-5,17-22,25-28,33H,6-16H2,1H3/t17?,18?,19-,20+,21?,22?,25?,26?/m0/s1. The van der Waals surface area contributed by atoms with Crippen LogP contribution in [0.4, 0.5) is 5.69 Å². The monoisotopic (exact) mass is 580 g/mol. The molecule has 5 fully saturated rings. The summed E-state index contributed by atoms with van der Waals surface area (Å²) in [6.45, 7) is 3.04. The van der Waals surface area contributed by atoms with Crippen LogP contribution in [0.3, 0.4) is 0 Å². The van der Waals surface area contributed by atoms with Gasteiger partial charge in [-0.25, -0.2) is 13.4 Å². The lowest BCUT2D eigenvalue weighted by atomic mass is 9.75. The second kappa shape index (κ2) is 11.5. The fraction of sp³-hybridized carbons (Fsp3) is 0.769.